The molecule has 0 fully saturated rings. The van der Waals surface area contributed by atoms with Crippen molar-refractivity contribution in [2.45, 2.75) is 18.0 Å². The highest BCUT2D eigenvalue weighted by atomic mass is 35.5. The molecule has 0 aliphatic carbocycles. The molecule has 1 aromatic heterocycles. The summed E-state index contributed by atoms with van der Waals surface area (Å²) < 4.78 is 26.5. The van der Waals surface area contributed by atoms with Crippen LogP contribution in [-0.2, 0) is 23.1 Å². The lowest BCUT2D eigenvalue weighted by Crippen LogP contribution is -2.28. The number of hydrogen-bond acceptors (Lipinski definition) is 5. The Bertz CT molecular complexity index is 1110. The van der Waals surface area contributed by atoms with Crippen LogP contribution in [-0.4, -0.2) is 47.6 Å². The summed E-state index contributed by atoms with van der Waals surface area (Å²) >= 11 is 5.82. The molecule has 1 heterocycles. The van der Waals surface area contributed by atoms with Crippen molar-refractivity contribution in [3.8, 4) is 0 Å². The van der Waals surface area contributed by atoms with Crippen LogP contribution in [0.1, 0.15) is 21.7 Å². The van der Waals surface area contributed by atoms with E-state index in [1.54, 1.807) is 11.9 Å². The number of carbonyl (C=O) groups is 1. The smallest absolute Gasteiger partial charge is 0.257 e. The van der Waals surface area contributed by atoms with Gasteiger partial charge in [0.25, 0.3) is 5.91 Å². The van der Waals surface area contributed by atoms with Crippen molar-refractivity contribution in [3.05, 3.63) is 89.0 Å². The number of nitrogens with zero attached hydrogens (tertiary/aromatic N) is 4. The third-order valence-corrected chi connectivity index (χ3v) is 6.52. The van der Waals surface area contributed by atoms with Gasteiger partial charge in [-0.25, -0.2) is 18.4 Å². The van der Waals surface area contributed by atoms with Crippen LogP contribution in [0.5, 0.6) is 0 Å². The van der Waals surface area contributed by atoms with E-state index in [0.717, 1.165) is 9.87 Å². The number of hydrogen-bond donors (Lipinski definition) is 0. The molecule has 7 nitrogen and oxygen atoms in total. The van der Waals surface area contributed by atoms with Gasteiger partial charge < -0.3 is 4.90 Å². The lowest BCUT2D eigenvalue weighted by atomic mass is 10.2. The Hall–Kier alpha value is -2.81. The second-order valence-electron chi connectivity index (χ2n) is 6.75. The maximum absolute atomic E-state index is 12.7. The van der Waals surface area contributed by atoms with Crippen LogP contribution in [0.3, 0.4) is 0 Å². The molecule has 30 heavy (non-hydrogen) atoms. The predicted molar refractivity (Wildman–Crippen MR) is 114 cm³/mol. The lowest BCUT2D eigenvalue weighted by Gasteiger charge is -2.18. The Kier molecular flexibility index (Phi) is 6.81. The molecule has 0 saturated carbocycles. The van der Waals surface area contributed by atoms with E-state index in [0.29, 0.717) is 17.1 Å². The molecule has 0 aliphatic heterocycles. The largest absolute Gasteiger partial charge is 0.337 e. The van der Waals surface area contributed by atoms with Gasteiger partial charge in [0.2, 0.25) is 10.0 Å². The highest BCUT2D eigenvalue weighted by Gasteiger charge is 2.22. The van der Waals surface area contributed by atoms with E-state index in [2.05, 4.69) is 9.97 Å². The summed E-state index contributed by atoms with van der Waals surface area (Å²) in [5.41, 5.74) is 1.35. The van der Waals surface area contributed by atoms with Crippen LogP contribution >= 0.6 is 11.6 Å². The molecular weight excluding hydrogens is 424 g/mol. The van der Waals surface area contributed by atoms with Crippen LogP contribution in [0.15, 0.2) is 71.9 Å². The Morgan fingerprint density at radius 3 is 2.13 bits per heavy atom. The lowest BCUT2D eigenvalue weighted by molar-refractivity contribution is 0.0784. The molecule has 2 aromatic carbocycles. The fourth-order valence-electron chi connectivity index (χ4n) is 2.77. The van der Waals surface area contributed by atoms with Crippen molar-refractivity contribution in [2.75, 3.05) is 14.1 Å². The van der Waals surface area contributed by atoms with Gasteiger partial charge in [-0.05, 0) is 29.8 Å². The van der Waals surface area contributed by atoms with Gasteiger partial charge in [-0.2, -0.15) is 4.31 Å². The van der Waals surface area contributed by atoms with Crippen molar-refractivity contribution in [3.63, 3.8) is 0 Å². The van der Waals surface area contributed by atoms with Crippen molar-refractivity contribution < 1.29 is 13.2 Å². The van der Waals surface area contributed by atoms with Gasteiger partial charge in [0.1, 0.15) is 5.82 Å². The van der Waals surface area contributed by atoms with Gasteiger partial charge in [-0.1, -0.05) is 41.9 Å². The van der Waals surface area contributed by atoms with Crippen molar-refractivity contribution in [1.29, 1.82) is 0 Å². The Morgan fingerprint density at radius 2 is 1.53 bits per heavy atom. The molecule has 0 radical (unpaired) electrons. The summed E-state index contributed by atoms with van der Waals surface area (Å²) in [6.45, 7) is 0.433. The zero-order valence-electron chi connectivity index (χ0n) is 16.6. The number of rotatable bonds is 7. The zero-order chi connectivity index (χ0) is 21.7. The molecule has 0 spiro atoms. The highest BCUT2D eigenvalue weighted by molar-refractivity contribution is 7.89. The first-order valence-electron chi connectivity index (χ1n) is 9.09. The van der Waals surface area contributed by atoms with E-state index < -0.39 is 10.0 Å². The molecule has 9 heteroatoms. The van der Waals surface area contributed by atoms with E-state index in [1.165, 1.54) is 43.7 Å². The van der Waals surface area contributed by atoms with Gasteiger partial charge in [0.05, 0.1) is 17.0 Å². The minimum atomic E-state index is -3.71. The average molecular weight is 445 g/mol. The van der Waals surface area contributed by atoms with Crippen LogP contribution < -0.4 is 0 Å². The number of amides is 1. The fraction of sp³-hybridized carbons (Fsp3) is 0.190. The number of carbonyl (C=O) groups excluding carboxylic acids is 1. The van der Waals surface area contributed by atoms with Gasteiger partial charge >= 0.3 is 0 Å². The molecule has 3 aromatic rings. The molecule has 0 atom stereocenters. The number of aromatic nitrogens is 2. The first-order valence-corrected chi connectivity index (χ1v) is 10.9. The van der Waals surface area contributed by atoms with E-state index in [9.17, 15) is 13.2 Å². The number of halogens is 1. The summed E-state index contributed by atoms with van der Waals surface area (Å²) in [4.78, 5) is 22.6. The molecular formula is C21H21ClN4O3S. The average Bonchev–Trinajstić information content (AvgIpc) is 2.74. The molecule has 156 valence electrons. The second-order valence-corrected chi connectivity index (χ2v) is 9.23. The fourth-order valence-corrected chi connectivity index (χ4v) is 4.02. The van der Waals surface area contributed by atoms with E-state index in [4.69, 9.17) is 11.6 Å². The molecule has 3 rings (SSSR count). The van der Waals surface area contributed by atoms with Crippen LogP contribution in [0, 0.1) is 0 Å². The normalized spacial score (nSPS) is 11.5. The minimum Gasteiger partial charge on any atom is -0.337 e. The summed E-state index contributed by atoms with van der Waals surface area (Å²) in [5.74, 6) is 0.0739. The SMILES string of the molecule is CN(Cc1ccccc1)C(=O)c1cnc(CN(C)S(=O)(=O)c2ccc(Cl)cc2)nc1. The summed E-state index contributed by atoms with van der Waals surface area (Å²) in [5, 5.41) is 0.456. The van der Waals surface area contributed by atoms with Crippen molar-refractivity contribution in [1.82, 2.24) is 19.2 Å². The summed E-state index contributed by atoms with van der Waals surface area (Å²) in [6, 6.07) is 15.6. The molecule has 0 N–H and O–H groups in total. The van der Waals surface area contributed by atoms with E-state index >= 15 is 0 Å². The first kappa shape index (κ1) is 21.9. The molecule has 1 amide bonds. The maximum Gasteiger partial charge on any atom is 0.257 e. The molecule has 0 bridgehead atoms. The monoisotopic (exact) mass is 444 g/mol. The van der Waals surface area contributed by atoms with E-state index in [-0.39, 0.29) is 23.2 Å². The first-order chi connectivity index (χ1) is 14.3. The summed E-state index contributed by atoms with van der Waals surface area (Å²) in [7, 11) is -0.560. The molecule has 0 saturated heterocycles. The second kappa shape index (κ2) is 9.34. The quantitative estimate of drug-likeness (QED) is 0.558. The summed E-state index contributed by atoms with van der Waals surface area (Å²) in [6.07, 6.45) is 2.82. The van der Waals surface area contributed by atoms with E-state index in [1.807, 2.05) is 30.3 Å². The Labute approximate surface area is 181 Å². The highest BCUT2D eigenvalue weighted by Crippen LogP contribution is 2.18. The molecule has 0 aliphatic rings. The zero-order valence-corrected chi connectivity index (χ0v) is 18.1. The number of sulfonamides is 1. The maximum atomic E-state index is 12.7. The minimum absolute atomic E-state index is 0.0285. The third kappa shape index (κ3) is 5.21. The van der Waals surface area contributed by atoms with Crippen LogP contribution in [0.4, 0.5) is 0 Å². The van der Waals surface area contributed by atoms with Gasteiger partial charge in [0, 0.05) is 38.1 Å². The third-order valence-electron chi connectivity index (χ3n) is 4.45. The standard InChI is InChI=1S/C21H21ClN4O3S/c1-25(14-16-6-4-3-5-7-16)21(27)17-12-23-20(24-13-17)15-26(2)30(28,29)19-10-8-18(22)9-11-19/h3-13H,14-15H2,1-2H3. The molecule has 0 unspecified atom stereocenters. The predicted octanol–water partition coefficient (Wildman–Crippen LogP) is 3.22. The van der Waals surface area contributed by atoms with Crippen molar-refractivity contribution >= 4 is 27.5 Å². The van der Waals surface area contributed by atoms with Crippen LogP contribution in [0.2, 0.25) is 5.02 Å². The van der Waals surface area contributed by atoms with Crippen molar-refractivity contribution in [2.24, 2.45) is 0 Å². The topological polar surface area (TPSA) is 83.5 Å². The van der Waals surface area contributed by atoms with Gasteiger partial charge in [0.15, 0.2) is 0 Å². The Morgan fingerprint density at radius 1 is 0.933 bits per heavy atom. The Balaban J connectivity index is 1.66. The van der Waals surface area contributed by atoms with Gasteiger partial charge in [-0.15, -0.1) is 0 Å². The van der Waals surface area contributed by atoms with Gasteiger partial charge in [-0.3, -0.25) is 4.79 Å². The number of benzene rings is 2. The van der Waals surface area contributed by atoms with Crippen LogP contribution in [0.25, 0.3) is 0 Å².